The van der Waals surface area contributed by atoms with E-state index in [1.54, 1.807) is 0 Å². The van der Waals surface area contributed by atoms with Crippen LogP contribution in [0.4, 0.5) is 5.13 Å². The number of hydrogen-bond donors (Lipinski definition) is 1. The summed E-state index contributed by atoms with van der Waals surface area (Å²) < 4.78 is 0. The van der Waals surface area contributed by atoms with Gasteiger partial charge in [0, 0.05) is 0 Å². The Morgan fingerprint density at radius 1 is 1.33 bits per heavy atom. The van der Waals surface area contributed by atoms with E-state index in [1.165, 1.54) is 11.3 Å². The number of hydrogen-bond acceptors (Lipinski definition) is 4. The summed E-state index contributed by atoms with van der Waals surface area (Å²) in [5.41, 5.74) is 5.61. The van der Waals surface area contributed by atoms with Crippen LogP contribution in [0, 0.1) is 5.41 Å². The first-order valence-electron chi connectivity index (χ1n) is 3.75. The van der Waals surface area contributed by atoms with Crippen LogP contribution >= 0.6 is 11.3 Å². The maximum Gasteiger partial charge on any atom is 0.203 e. The van der Waals surface area contributed by atoms with Crippen LogP contribution in [0.1, 0.15) is 25.8 Å². The summed E-state index contributed by atoms with van der Waals surface area (Å²) in [5.74, 6) is 0. The Bertz CT molecular complexity index is 283. The van der Waals surface area contributed by atoms with Crippen molar-refractivity contribution in [3.8, 4) is 0 Å². The summed E-state index contributed by atoms with van der Waals surface area (Å²) in [6, 6.07) is 0. The van der Waals surface area contributed by atoms with Gasteiger partial charge in [0.15, 0.2) is 0 Å². The zero-order valence-corrected chi connectivity index (χ0v) is 8.35. The van der Waals surface area contributed by atoms with Crippen LogP contribution in [0.3, 0.4) is 0 Å². The van der Waals surface area contributed by atoms with Crippen molar-refractivity contribution in [2.45, 2.75) is 20.8 Å². The Morgan fingerprint density at radius 2 is 2.00 bits per heavy atom. The Morgan fingerprint density at radius 3 is 2.42 bits per heavy atom. The molecule has 0 atom stereocenters. The third kappa shape index (κ3) is 3.00. The molecular formula is C8H13N3S. The van der Waals surface area contributed by atoms with E-state index in [0.29, 0.717) is 5.13 Å². The highest BCUT2D eigenvalue weighted by Crippen LogP contribution is 2.19. The normalized spacial score (nSPS) is 12.6. The van der Waals surface area contributed by atoms with E-state index < -0.39 is 0 Å². The zero-order chi connectivity index (χ0) is 9.19. The second kappa shape index (κ2) is 3.23. The van der Waals surface area contributed by atoms with Gasteiger partial charge in [-0.15, -0.1) is 10.2 Å². The van der Waals surface area contributed by atoms with Crippen LogP contribution in [0.25, 0.3) is 6.08 Å². The zero-order valence-electron chi connectivity index (χ0n) is 7.53. The second-order valence-electron chi connectivity index (χ2n) is 3.68. The minimum absolute atomic E-state index is 0.181. The van der Waals surface area contributed by atoms with Crippen LogP contribution in [0.2, 0.25) is 0 Å². The van der Waals surface area contributed by atoms with E-state index in [4.69, 9.17) is 5.73 Å². The van der Waals surface area contributed by atoms with Crippen molar-refractivity contribution in [2.75, 3.05) is 5.73 Å². The smallest absolute Gasteiger partial charge is 0.203 e. The van der Waals surface area contributed by atoms with E-state index in [-0.39, 0.29) is 5.41 Å². The SMILES string of the molecule is CC(C)(C)C=Cc1nnc(N)s1. The summed E-state index contributed by atoms with van der Waals surface area (Å²) in [6.07, 6.45) is 4.04. The summed E-state index contributed by atoms with van der Waals surface area (Å²) in [7, 11) is 0. The Labute approximate surface area is 76.3 Å². The minimum atomic E-state index is 0.181. The molecule has 0 aliphatic carbocycles. The monoisotopic (exact) mass is 183 g/mol. The van der Waals surface area contributed by atoms with Crippen LogP contribution in [-0.2, 0) is 0 Å². The first-order chi connectivity index (χ1) is 5.47. The molecule has 1 aromatic rings. The number of nitrogens with two attached hydrogens (primary N) is 1. The minimum Gasteiger partial charge on any atom is -0.374 e. The molecule has 4 heteroatoms. The first kappa shape index (κ1) is 9.19. The Balaban J connectivity index is 2.70. The standard InChI is InChI=1S/C8H13N3S/c1-8(2,3)5-4-6-10-11-7(9)12-6/h4-5H,1-3H3,(H2,9,11). The topological polar surface area (TPSA) is 51.8 Å². The van der Waals surface area contributed by atoms with Gasteiger partial charge in [-0.3, -0.25) is 0 Å². The van der Waals surface area contributed by atoms with Crippen molar-refractivity contribution in [1.82, 2.24) is 10.2 Å². The first-order valence-corrected chi connectivity index (χ1v) is 4.57. The Kier molecular flexibility index (Phi) is 2.47. The van der Waals surface area contributed by atoms with Gasteiger partial charge in [0.2, 0.25) is 5.13 Å². The van der Waals surface area contributed by atoms with Gasteiger partial charge < -0.3 is 5.73 Å². The lowest BCUT2D eigenvalue weighted by Crippen LogP contribution is -1.97. The molecule has 0 saturated heterocycles. The average molecular weight is 183 g/mol. The van der Waals surface area contributed by atoms with E-state index in [2.05, 4.69) is 37.0 Å². The van der Waals surface area contributed by atoms with Crippen LogP contribution in [0.5, 0.6) is 0 Å². The largest absolute Gasteiger partial charge is 0.374 e. The van der Waals surface area contributed by atoms with Crippen molar-refractivity contribution < 1.29 is 0 Å². The molecule has 0 amide bonds. The fraction of sp³-hybridized carbons (Fsp3) is 0.500. The third-order valence-corrected chi connectivity index (χ3v) is 1.90. The Hall–Kier alpha value is -0.900. The molecule has 1 rings (SSSR count). The molecule has 0 aromatic carbocycles. The average Bonchev–Trinajstić information content (AvgIpc) is 2.30. The summed E-state index contributed by atoms with van der Waals surface area (Å²) in [4.78, 5) is 0. The van der Waals surface area contributed by atoms with Gasteiger partial charge in [0.05, 0.1) is 0 Å². The van der Waals surface area contributed by atoms with Crippen molar-refractivity contribution in [2.24, 2.45) is 5.41 Å². The van der Waals surface area contributed by atoms with Gasteiger partial charge in [-0.25, -0.2) is 0 Å². The quantitative estimate of drug-likeness (QED) is 0.726. The number of allylic oxidation sites excluding steroid dienone is 1. The molecule has 0 bridgehead atoms. The van der Waals surface area contributed by atoms with Gasteiger partial charge >= 0.3 is 0 Å². The molecule has 0 spiro atoms. The van der Waals surface area contributed by atoms with E-state index in [9.17, 15) is 0 Å². The fourth-order valence-electron chi connectivity index (χ4n) is 0.635. The van der Waals surface area contributed by atoms with Gasteiger partial charge in [-0.05, 0) is 11.5 Å². The highest BCUT2D eigenvalue weighted by molar-refractivity contribution is 7.15. The van der Waals surface area contributed by atoms with Crippen molar-refractivity contribution in [3.05, 3.63) is 11.1 Å². The molecule has 2 N–H and O–H groups in total. The van der Waals surface area contributed by atoms with Gasteiger partial charge in [0.25, 0.3) is 0 Å². The van der Waals surface area contributed by atoms with E-state index in [0.717, 1.165) is 5.01 Å². The van der Waals surface area contributed by atoms with E-state index >= 15 is 0 Å². The van der Waals surface area contributed by atoms with Gasteiger partial charge in [-0.2, -0.15) is 0 Å². The lowest BCUT2D eigenvalue weighted by atomic mass is 9.96. The molecular weight excluding hydrogens is 170 g/mol. The van der Waals surface area contributed by atoms with Crippen molar-refractivity contribution >= 4 is 22.5 Å². The molecule has 1 heterocycles. The van der Waals surface area contributed by atoms with E-state index in [1.807, 2.05) is 6.08 Å². The number of nitrogens with zero attached hydrogens (tertiary/aromatic N) is 2. The van der Waals surface area contributed by atoms with Crippen LogP contribution in [0.15, 0.2) is 6.08 Å². The molecule has 0 aliphatic heterocycles. The highest BCUT2D eigenvalue weighted by atomic mass is 32.1. The molecule has 0 aliphatic rings. The molecule has 1 aromatic heterocycles. The summed E-state index contributed by atoms with van der Waals surface area (Å²) >= 11 is 1.40. The van der Waals surface area contributed by atoms with Gasteiger partial charge in [-0.1, -0.05) is 38.2 Å². The number of rotatable bonds is 1. The molecule has 12 heavy (non-hydrogen) atoms. The lowest BCUT2D eigenvalue weighted by Gasteiger charge is -2.09. The maximum atomic E-state index is 5.43. The highest BCUT2D eigenvalue weighted by Gasteiger charge is 2.04. The molecule has 0 unspecified atom stereocenters. The summed E-state index contributed by atoms with van der Waals surface area (Å²) in [6.45, 7) is 6.40. The van der Waals surface area contributed by atoms with Gasteiger partial charge in [0.1, 0.15) is 5.01 Å². The predicted molar refractivity (Wildman–Crippen MR) is 52.8 cm³/mol. The maximum absolute atomic E-state index is 5.43. The van der Waals surface area contributed by atoms with Crippen LogP contribution < -0.4 is 5.73 Å². The molecule has 0 fully saturated rings. The summed E-state index contributed by atoms with van der Waals surface area (Å²) in [5, 5.41) is 8.97. The number of aromatic nitrogens is 2. The molecule has 0 saturated carbocycles. The number of anilines is 1. The third-order valence-electron chi connectivity index (χ3n) is 1.18. The van der Waals surface area contributed by atoms with Crippen molar-refractivity contribution in [3.63, 3.8) is 0 Å². The number of nitrogen functional groups attached to an aromatic ring is 1. The van der Waals surface area contributed by atoms with Crippen LogP contribution in [-0.4, -0.2) is 10.2 Å². The second-order valence-corrected chi connectivity index (χ2v) is 4.72. The predicted octanol–water partition coefficient (Wildman–Crippen LogP) is 2.18. The molecule has 0 radical (unpaired) electrons. The molecule has 3 nitrogen and oxygen atoms in total. The van der Waals surface area contributed by atoms with Crippen molar-refractivity contribution in [1.29, 1.82) is 0 Å². The lowest BCUT2D eigenvalue weighted by molar-refractivity contribution is 0.547. The molecule has 66 valence electrons. The fourth-order valence-corrected chi connectivity index (χ4v) is 1.15.